The molecule has 1 aromatic rings. The second kappa shape index (κ2) is 5.82. The van der Waals surface area contributed by atoms with Gasteiger partial charge in [-0.05, 0) is 37.6 Å². The van der Waals surface area contributed by atoms with Gasteiger partial charge in [0.05, 0.1) is 17.0 Å². The normalized spacial score (nSPS) is 22.5. The van der Waals surface area contributed by atoms with Crippen LogP contribution >= 0.6 is 11.6 Å². The van der Waals surface area contributed by atoms with Crippen molar-refractivity contribution in [3.8, 4) is 6.07 Å². The van der Waals surface area contributed by atoms with Gasteiger partial charge in [-0.1, -0.05) is 17.7 Å². The van der Waals surface area contributed by atoms with Gasteiger partial charge in [-0.2, -0.15) is 5.26 Å². The van der Waals surface area contributed by atoms with Crippen molar-refractivity contribution in [1.82, 2.24) is 10.2 Å². The van der Waals surface area contributed by atoms with Gasteiger partial charge in [-0.3, -0.25) is 9.69 Å². The first-order valence-corrected chi connectivity index (χ1v) is 6.99. The van der Waals surface area contributed by atoms with E-state index in [-0.39, 0.29) is 11.3 Å². The molecule has 1 unspecified atom stereocenters. The lowest BCUT2D eigenvalue weighted by molar-refractivity contribution is -0.129. The summed E-state index contributed by atoms with van der Waals surface area (Å²) in [6, 6.07) is 7.42. The molecular weight excluding hydrogens is 274 g/mol. The first-order valence-electron chi connectivity index (χ1n) is 6.61. The monoisotopic (exact) mass is 291 g/mol. The standard InChI is InChI=1S/C15H18ClN3O/c1-15(14(20)18-2)5-6-19(10-15)9-12-4-3-11(8-17)7-13(12)16/h3-4,7H,5-6,9-10H2,1-2H3,(H,18,20). The molecule has 1 fully saturated rings. The van der Waals surface area contributed by atoms with Crippen molar-refractivity contribution in [1.29, 1.82) is 5.26 Å². The van der Waals surface area contributed by atoms with Gasteiger partial charge >= 0.3 is 0 Å². The first kappa shape index (κ1) is 14.8. The van der Waals surface area contributed by atoms with E-state index in [0.29, 0.717) is 17.1 Å². The Balaban J connectivity index is 2.06. The van der Waals surface area contributed by atoms with Crippen LogP contribution in [0.4, 0.5) is 0 Å². The Morgan fingerprint density at radius 3 is 2.95 bits per heavy atom. The Morgan fingerprint density at radius 2 is 2.35 bits per heavy atom. The molecule has 1 aliphatic rings. The zero-order valence-corrected chi connectivity index (χ0v) is 12.5. The Labute approximate surface area is 124 Å². The van der Waals surface area contributed by atoms with Gasteiger partial charge < -0.3 is 5.32 Å². The summed E-state index contributed by atoms with van der Waals surface area (Å²) in [7, 11) is 1.67. The third-order valence-electron chi connectivity index (χ3n) is 3.90. The summed E-state index contributed by atoms with van der Waals surface area (Å²) in [6.07, 6.45) is 0.848. The number of benzene rings is 1. The zero-order chi connectivity index (χ0) is 14.8. The van der Waals surface area contributed by atoms with Crippen LogP contribution in [0.2, 0.25) is 5.02 Å². The minimum atomic E-state index is -0.326. The molecule has 106 valence electrons. The number of amides is 1. The summed E-state index contributed by atoms with van der Waals surface area (Å²) in [5, 5.41) is 12.2. The topological polar surface area (TPSA) is 56.1 Å². The Bertz CT molecular complexity index is 567. The van der Waals surface area contributed by atoms with Gasteiger partial charge in [-0.25, -0.2) is 0 Å². The van der Waals surface area contributed by atoms with Crippen molar-refractivity contribution in [2.45, 2.75) is 19.9 Å². The highest BCUT2D eigenvalue weighted by Crippen LogP contribution is 2.32. The zero-order valence-electron chi connectivity index (χ0n) is 11.7. The fraction of sp³-hybridized carbons (Fsp3) is 0.467. The number of likely N-dealkylation sites (tertiary alicyclic amines) is 1. The van der Waals surface area contributed by atoms with E-state index in [1.54, 1.807) is 19.2 Å². The number of nitrogens with one attached hydrogen (secondary N) is 1. The van der Waals surface area contributed by atoms with Crippen LogP contribution in [-0.4, -0.2) is 30.9 Å². The van der Waals surface area contributed by atoms with Crippen LogP contribution < -0.4 is 5.32 Å². The summed E-state index contributed by atoms with van der Waals surface area (Å²) < 4.78 is 0. The molecule has 4 nitrogen and oxygen atoms in total. The fourth-order valence-electron chi connectivity index (χ4n) is 2.66. The maximum atomic E-state index is 11.9. The van der Waals surface area contributed by atoms with Crippen LogP contribution in [0.15, 0.2) is 18.2 Å². The number of carbonyl (C=O) groups excluding carboxylic acids is 1. The van der Waals surface area contributed by atoms with E-state index in [1.165, 1.54) is 0 Å². The van der Waals surface area contributed by atoms with Gasteiger partial charge in [0.1, 0.15) is 0 Å². The smallest absolute Gasteiger partial charge is 0.227 e. The average Bonchev–Trinajstić information content (AvgIpc) is 2.83. The number of nitrogens with zero attached hydrogens (tertiary/aromatic N) is 2. The average molecular weight is 292 g/mol. The molecule has 2 rings (SSSR count). The Kier molecular flexibility index (Phi) is 4.32. The lowest BCUT2D eigenvalue weighted by atomic mass is 9.89. The second-order valence-electron chi connectivity index (χ2n) is 5.52. The maximum absolute atomic E-state index is 11.9. The Morgan fingerprint density at radius 1 is 1.60 bits per heavy atom. The number of hydrogen-bond acceptors (Lipinski definition) is 3. The SMILES string of the molecule is CNC(=O)C1(C)CCN(Cc2ccc(C#N)cc2Cl)C1. The highest BCUT2D eigenvalue weighted by atomic mass is 35.5. The van der Waals surface area contributed by atoms with Crippen LogP contribution in [0.3, 0.4) is 0 Å². The largest absolute Gasteiger partial charge is 0.359 e. The minimum absolute atomic E-state index is 0.0888. The summed E-state index contributed by atoms with van der Waals surface area (Å²) in [6.45, 7) is 4.30. The first-order chi connectivity index (χ1) is 9.48. The van der Waals surface area contributed by atoms with E-state index in [2.05, 4.69) is 16.3 Å². The number of carbonyl (C=O) groups is 1. The lowest BCUT2D eigenvalue weighted by Gasteiger charge is -2.23. The van der Waals surface area contributed by atoms with Crippen LogP contribution in [0, 0.1) is 16.7 Å². The molecule has 0 radical (unpaired) electrons. The summed E-state index contributed by atoms with van der Waals surface area (Å²) in [5.74, 6) is 0.0888. The highest BCUT2D eigenvalue weighted by Gasteiger charge is 2.39. The molecule has 0 aromatic heterocycles. The van der Waals surface area contributed by atoms with Crippen LogP contribution in [0.1, 0.15) is 24.5 Å². The van der Waals surface area contributed by atoms with E-state index >= 15 is 0 Å². The number of nitriles is 1. The molecule has 0 saturated carbocycles. The van der Waals surface area contributed by atoms with Crippen molar-refractivity contribution in [2.24, 2.45) is 5.41 Å². The lowest BCUT2D eigenvalue weighted by Crippen LogP contribution is -2.39. The molecule has 1 atom stereocenters. The molecule has 0 bridgehead atoms. The van der Waals surface area contributed by atoms with E-state index < -0.39 is 0 Å². The second-order valence-corrected chi connectivity index (χ2v) is 5.93. The van der Waals surface area contributed by atoms with Crippen molar-refractivity contribution in [3.63, 3.8) is 0 Å². The van der Waals surface area contributed by atoms with Crippen LogP contribution in [0.5, 0.6) is 0 Å². The van der Waals surface area contributed by atoms with Crippen LogP contribution in [-0.2, 0) is 11.3 Å². The number of rotatable bonds is 3. The predicted molar refractivity (Wildman–Crippen MR) is 78.2 cm³/mol. The van der Waals surface area contributed by atoms with Gasteiger partial charge in [0.15, 0.2) is 0 Å². The molecule has 5 heteroatoms. The van der Waals surface area contributed by atoms with Gasteiger partial charge in [0, 0.05) is 25.2 Å². The summed E-state index contributed by atoms with van der Waals surface area (Å²) >= 11 is 6.19. The minimum Gasteiger partial charge on any atom is -0.359 e. The third-order valence-corrected chi connectivity index (χ3v) is 4.26. The molecular formula is C15H18ClN3O. The van der Waals surface area contributed by atoms with E-state index in [0.717, 1.165) is 25.1 Å². The van der Waals surface area contributed by atoms with Crippen molar-refractivity contribution in [2.75, 3.05) is 20.1 Å². The van der Waals surface area contributed by atoms with E-state index in [1.807, 2.05) is 13.0 Å². The van der Waals surface area contributed by atoms with Crippen molar-refractivity contribution in [3.05, 3.63) is 34.3 Å². The van der Waals surface area contributed by atoms with Crippen molar-refractivity contribution < 1.29 is 4.79 Å². The quantitative estimate of drug-likeness (QED) is 0.928. The molecule has 1 amide bonds. The van der Waals surface area contributed by atoms with E-state index in [9.17, 15) is 4.79 Å². The maximum Gasteiger partial charge on any atom is 0.227 e. The fourth-order valence-corrected chi connectivity index (χ4v) is 2.90. The Hall–Kier alpha value is -1.57. The molecule has 20 heavy (non-hydrogen) atoms. The molecule has 1 saturated heterocycles. The predicted octanol–water partition coefficient (Wildman–Crippen LogP) is 2.17. The van der Waals surface area contributed by atoms with Crippen molar-refractivity contribution >= 4 is 17.5 Å². The molecule has 0 aliphatic carbocycles. The molecule has 1 aliphatic heterocycles. The highest BCUT2D eigenvalue weighted by molar-refractivity contribution is 6.31. The molecule has 0 spiro atoms. The molecule has 1 N–H and O–H groups in total. The summed E-state index contributed by atoms with van der Waals surface area (Å²) in [5.41, 5.74) is 1.23. The van der Waals surface area contributed by atoms with Gasteiger partial charge in [-0.15, -0.1) is 0 Å². The summed E-state index contributed by atoms with van der Waals surface area (Å²) in [4.78, 5) is 14.1. The van der Waals surface area contributed by atoms with Crippen LogP contribution in [0.25, 0.3) is 0 Å². The number of hydrogen-bond donors (Lipinski definition) is 1. The third kappa shape index (κ3) is 2.95. The van der Waals surface area contributed by atoms with E-state index in [4.69, 9.17) is 16.9 Å². The number of halogens is 1. The molecule has 1 aromatic carbocycles. The van der Waals surface area contributed by atoms with Gasteiger partial charge in [0.25, 0.3) is 0 Å². The molecule has 1 heterocycles. The van der Waals surface area contributed by atoms with Gasteiger partial charge in [0.2, 0.25) is 5.91 Å².